The molecule has 28 heavy (non-hydrogen) atoms. The van der Waals surface area contributed by atoms with Crippen molar-refractivity contribution in [1.82, 2.24) is 0 Å². The third-order valence-corrected chi connectivity index (χ3v) is 4.48. The molecule has 0 heterocycles. The Morgan fingerprint density at radius 2 is 1.57 bits per heavy atom. The van der Waals surface area contributed by atoms with Crippen LogP contribution in [0.5, 0.6) is 0 Å². The number of hydrogen-bond donors (Lipinski definition) is 1. The topological polar surface area (TPSA) is 70.0 Å². The van der Waals surface area contributed by atoms with Gasteiger partial charge in [-0.25, -0.2) is 0 Å². The lowest BCUT2D eigenvalue weighted by Crippen LogP contribution is -2.16. The van der Waals surface area contributed by atoms with E-state index in [0.29, 0.717) is 21.3 Å². The monoisotopic (exact) mass is 430 g/mol. The van der Waals surface area contributed by atoms with Gasteiger partial charge in [-0.15, -0.1) is 0 Å². The van der Waals surface area contributed by atoms with E-state index in [9.17, 15) is 14.9 Å². The second kappa shape index (κ2) is 8.94. The van der Waals surface area contributed by atoms with E-state index < -0.39 is 5.91 Å². The van der Waals surface area contributed by atoms with Crippen molar-refractivity contribution in [3.63, 3.8) is 0 Å². The van der Waals surface area contributed by atoms with E-state index in [-0.39, 0.29) is 11.4 Å². The maximum absolute atomic E-state index is 12.9. The van der Waals surface area contributed by atoms with Gasteiger partial charge in [-0.1, -0.05) is 76.6 Å². The summed E-state index contributed by atoms with van der Waals surface area (Å²) in [5.41, 5.74) is 1.89. The first-order valence-corrected chi connectivity index (χ1v) is 9.25. The predicted octanol–water partition coefficient (Wildman–Crippen LogP) is 5.23. The number of amides is 1. The van der Waals surface area contributed by atoms with E-state index in [2.05, 4.69) is 21.2 Å². The van der Waals surface area contributed by atoms with Crippen molar-refractivity contribution < 1.29 is 9.59 Å². The number of nitrogens with one attached hydrogen (secondary N) is 1. The molecule has 4 nitrogen and oxygen atoms in total. The maximum Gasteiger partial charge on any atom is 0.266 e. The van der Waals surface area contributed by atoms with Gasteiger partial charge in [0.25, 0.3) is 5.91 Å². The molecule has 0 saturated carbocycles. The maximum atomic E-state index is 12.9. The van der Waals surface area contributed by atoms with Crippen LogP contribution in [0.1, 0.15) is 21.5 Å². The number of ketones is 1. The van der Waals surface area contributed by atoms with Crippen molar-refractivity contribution >= 4 is 39.4 Å². The Labute approximate surface area is 171 Å². The first-order chi connectivity index (χ1) is 13.6. The highest BCUT2D eigenvalue weighted by molar-refractivity contribution is 9.10. The standard InChI is InChI=1S/C23H15BrN2O2/c24-19-11-12-21(20(14-19)22(27)17-9-5-2-6-10-17)26-23(28)18(15-25)13-16-7-3-1-4-8-16/h1-14H,(H,26,28)/b18-13+. The second-order valence-electron chi connectivity index (χ2n) is 5.92. The smallest absolute Gasteiger partial charge is 0.266 e. The van der Waals surface area contributed by atoms with Gasteiger partial charge in [-0.05, 0) is 29.8 Å². The summed E-state index contributed by atoms with van der Waals surface area (Å²) in [6.07, 6.45) is 1.51. The summed E-state index contributed by atoms with van der Waals surface area (Å²) in [7, 11) is 0. The Hall–Kier alpha value is -3.49. The van der Waals surface area contributed by atoms with Crippen LogP contribution in [0, 0.1) is 11.3 Å². The molecule has 0 atom stereocenters. The van der Waals surface area contributed by atoms with Crippen molar-refractivity contribution in [2.45, 2.75) is 0 Å². The molecule has 0 aliphatic carbocycles. The first-order valence-electron chi connectivity index (χ1n) is 8.46. The quantitative estimate of drug-likeness (QED) is 0.342. The zero-order valence-corrected chi connectivity index (χ0v) is 16.3. The fourth-order valence-electron chi connectivity index (χ4n) is 2.61. The lowest BCUT2D eigenvalue weighted by Gasteiger charge is -2.11. The number of carbonyl (C=O) groups excluding carboxylic acids is 2. The molecule has 0 fully saturated rings. The molecule has 136 valence electrons. The highest BCUT2D eigenvalue weighted by Gasteiger charge is 2.17. The number of benzene rings is 3. The van der Waals surface area contributed by atoms with Gasteiger partial charge < -0.3 is 5.32 Å². The number of halogens is 1. The van der Waals surface area contributed by atoms with Gasteiger partial charge in [0, 0.05) is 15.6 Å². The normalized spacial score (nSPS) is 10.8. The number of nitriles is 1. The van der Waals surface area contributed by atoms with Crippen LogP contribution in [0.4, 0.5) is 5.69 Å². The van der Waals surface area contributed by atoms with Gasteiger partial charge in [-0.3, -0.25) is 9.59 Å². The Kier molecular flexibility index (Phi) is 6.15. The van der Waals surface area contributed by atoms with Crippen LogP contribution < -0.4 is 5.32 Å². The van der Waals surface area contributed by atoms with Crippen LogP contribution >= 0.6 is 15.9 Å². The highest BCUT2D eigenvalue weighted by atomic mass is 79.9. The molecular weight excluding hydrogens is 416 g/mol. The minimum absolute atomic E-state index is 0.0489. The molecule has 0 unspecified atom stereocenters. The van der Waals surface area contributed by atoms with Crippen molar-refractivity contribution in [2.24, 2.45) is 0 Å². The van der Waals surface area contributed by atoms with Crippen molar-refractivity contribution in [2.75, 3.05) is 5.32 Å². The van der Waals surface area contributed by atoms with Crippen molar-refractivity contribution in [3.05, 3.63) is 106 Å². The van der Waals surface area contributed by atoms with Crippen molar-refractivity contribution in [3.8, 4) is 6.07 Å². The first kappa shape index (κ1) is 19.3. The second-order valence-corrected chi connectivity index (χ2v) is 6.84. The van der Waals surface area contributed by atoms with Crippen LogP contribution in [-0.4, -0.2) is 11.7 Å². The minimum atomic E-state index is -0.573. The lowest BCUT2D eigenvalue weighted by atomic mass is 10.0. The number of anilines is 1. The Balaban J connectivity index is 1.92. The number of rotatable bonds is 5. The molecule has 1 N–H and O–H groups in total. The summed E-state index contributed by atoms with van der Waals surface area (Å²) in [5, 5.41) is 12.1. The third-order valence-electron chi connectivity index (χ3n) is 3.99. The Bertz CT molecular complexity index is 1080. The van der Waals surface area contributed by atoms with E-state index >= 15 is 0 Å². The van der Waals surface area contributed by atoms with Gasteiger partial charge in [-0.2, -0.15) is 5.26 Å². The Morgan fingerprint density at radius 3 is 2.21 bits per heavy atom. The fourth-order valence-corrected chi connectivity index (χ4v) is 2.97. The number of carbonyl (C=O) groups is 2. The van der Waals surface area contributed by atoms with Gasteiger partial charge in [0.2, 0.25) is 0 Å². The Morgan fingerprint density at radius 1 is 0.929 bits per heavy atom. The lowest BCUT2D eigenvalue weighted by molar-refractivity contribution is -0.112. The zero-order chi connectivity index (χ0) is 19.9. The van der Waals surface area contributed by atoms with Crippen LogP contribution in [-0.2, 0) is 4.79 Å². The SMILES string of the molecule is N#C/C(=C\c1ccccc1)C(=O)Nc1ccc(Br)cc1C(=O)c1ccccc1. The average molecular weight is 431 g/mol. The van der Waals surface area contributed by atoms with Gasteiger partial charge in [0.05, 0.1) is 5.69 Å². The zero-order valence-electron chi connectivity index (χ0n) is 14.7. The molecular formula is C23H15BrN2O2. The molecule has 0 aromatic heterocycles. The molecule has 0 aliphatic heterocycles. The molecule has 1 amide bonds. The molecule has 0 aliphatic rings. The van der Waals surface area contributed by atoms with Crippen molar-refractivity contribution in [1.29, 1.82) is 5.26 Å². The van der Waals surface area contributed by atoms with Gasteiger partial charge >= 0.3 is 0 Å². The van der Waals surface area contributed by atoms with Crippen LogP contribution in [0.25, 0.3) is 6.08 Å². The molecule has 3 rings (SSSR count). The average Bonchev–Trinajstić information content (AvgIpc) is 2.74. The summed E-state index contributed by atoms with van der Waals surface area (Å²) in [4.78, 5) is 25.5. The molecule has 0 saturated heterocycles. The van der Waals surface area contributed by atoms with E-state index in [1.807, 2.05) is 30.3 Å². The van der Waals surface area contributed by atoms with E-state index in [1.165, 1.54) is 6.08 Å². The van der Waals surface area contributed by atoms with Crippen LogP contribution in [0.3, 0.4) is 0 Å². The van der Waals surface area contributed by atoms with E-state index in [0.717, 1.165) is 5.56 Å². The highest BCUT2D eigenvalue weighted by Crippen LogP contribution is 2.24. The summed E-state index contributed by atoms with van der Waals surface area (Å²) in [5.74, 6) is -0.793. The van der Waals surface area contributed by atoms with Gasteiger partial charge in [0.15, 0.2) is 5.78 Å². The molecule has 0 bridgehead atoms. The molecule has 3 aromatic carbocycles. The largest absolute Gasteiger partial charge is 0.321 e. The van der Waals surface area contributed by atoms with E-state index in [4.69, 9.17) is 0 Å². The molecule has 0 spiro atoms. The van der Waals surface area contributed by atoms with Gasteiger partial charge in [0.1, 0.15) is 11.6 Å². The third kappa shape index (κ3) is 4.61. The molecule has 5 heteroatoms. The van der Waals surface area contributed by atoms with E-state index in [1.54, 1.807) is 54.6 Å². The number of hydrogen-bond acceptors (Lipinski definition) is 3. The summed E-state index contributed by atoms with van der Waals surface area (Å²) in [6.45, 7) is 0. The predicted molar refractivity (Wildman–Crippen MR) is 113 cm³/mol. The van der Waals surface area contributed by atoms with Crippen LogP contribution in [0.15, 0.2) is 88.9 Å². The summed E-state index contributed by atoms with van der Waals surface area (Å²) < 4.78 is 0.713. The summed E-state index contributed by atoms with van der Waals surface area (Å²) >= 11 is 3.36. The van der Waals surface area contributed by atoms with Crippen LogP contribution in [0.2, 0.25) is 0 Å². The number of nitrogens with zero attached hydrogens (tertiary/aromatic N) is 1. The molecule has 0 radical (unpaired) electrons. The molecule has 3 aromatic rings. The summed E-state index contributed by atoms with van der Waals surface area (Å²) in [6, 6.07) is 24.8. The minimum Gasteiger partial charge on any atom is -0.321 e. The fraction of sp³-hybridized carbons (Fsp3) is 0.